The van der Waals surface area contributed by atoms with Crippen LogP contribution in [0.1, 0.15) is 33.6 Å². The highest BCUT2D eigenvalue weighted by Gasteiger charge is 2.27. The summed E-state index contributed by atoms with van der Waals surface area (Å²) in [5, 5.41) is 3.60. The molecule has 0 aromatic carbocycles. The number of nitrogens with one attached hydrogen (secondary N) is 1. The molecule has 0 amide bonds. The predicted molar refractivity (Wildman–Crippen MR) is 76.6 cm³/mol. The summed E-state index contributed by atoms with van der Waals surface area (Å²) in [4.78, 5) is 2.40. The Labute approximate surface area is 112 Å². The molecule has 0 spiro atoms. The monoisotopic (exact) mass is 276 g/mol. The van der Waals surface area contributed by atoms with Crippen LogP contribution in [0.4, 0.5) is 0 Å². The Morgan fingerprint density at radius 1 is 1.33 bits per heavy atom. The SMILES string of the molecule is CC(C)(C)C1CN(CCCS(C)(=O)=O)CCCN1. The van der Waals surface area contributed by atoms with Crippen LogP contribution in [0, 0.1) is 5.41 Å². The molecule has 0 aromatic heterocycles. The van der Waals surface area contributed by atoms with Gasteiger partial charge in [0.2, 0.25) is 0 Å². The van der Waals surface area contributed by atoms with Crippen molar-refractivity contribution < 1.29 is 8.42 Å². The Balaban J connectivity index is 2.45. The maximum Gasteiger partial charge on any atom is 0.147 e. The third-order valence-corrected chi connectivity index (χ3v) is 4.55. The van der Waals surface area contributed by atoms with E-state index in [-0.39, 0.29) is 5.41 Å². The lowest BCUT2D eigenvalue weighted by molar-refractivity contribution is 0.197. The van der Waals surface area contributed by atoms with Gasteiger partial charge in [-0.25, -0.2) is 8.42 Å². The fourth-order valence-electron chi connectivity index (χ4n) is 2.33. The second kappa shape index (κ2) is 6.35. The summed E-state index contributed by atoms with van der Waals surface area (Å²) in [5.41, 5.74) is 0.249. The molecule has 108 valence electrons. The zero-order chi connectivity index (χ0) is 13.8. The first-order valence-electron chi connectivity index (χ1n) is 6.82. The predicted octanol–water partition coefficient (Wildman–Crippen LogP) is 1.13. The Bertz CT molecular complexity index is 346. The average molecular weight is 276 g/mol. The lowest BCUT2D eigenvalue weighted by Crippen LogP contribution is -2.46. The molecule has 0 saturated carbocycles. The van der Waals surface area contributed by atoms with Gasteiger partial charge in [0, 0.05) is 18.8 Å². The number of nitrogens with zero attached hydrogens (tertiary/aromatic N) is 1. The van der Waals surface area contributed by atoms with Crippen molar-refractivity contribution >= 4 is 9.84 Å². The summed E-state index contributed by atoms with van der Waals surface area (Å²) in [7, 11) is -2.82. The van der Waals surface area contributed by atoms with Crippen LogP contribution in [0.25, 0.3) is 0 Å². The van der Waals surface area contributed by atoms with Gasteiger partial charge in [-0.3, -0.25) is 0 Å². The van der Waals surface area contributed by atoms with Crippen molar-refractivity contribution in [2.45, 2.75) is 39.7 Å². The number of hydrogen-bond donors (Lipinski definition) is 1. The summed E-state index contributed by atoms with van der Waals surface area (Å²) < 4.78 is 22.3. The Morgan fingerprint density at radius 2 is 2.00 bits per heavy atom. The van der Waals surface area contributed by atoms with E-state index in [1.165, 1.54) is 6.26 Å². The summed E-state index contributed by atoms with van der Waals surface area (Å²) >= 11 is 0. The molecule has 18 heavy (non-hydrogen) atoms. The van der Waals surface area contributed by atoms with Crippen LogP contribution in [0.2, 0.25) is 0 Å². The van der Waals surface area contributed by atoms with Crippen LogP contribution in [-0.4, -0.2) is 57.5 Å². The van der Waals surface area contributed by atoms with Crippen LogP contribution in [0.3, 0.4) is 0 Å². The summed E-state index contributed by atoms with van der Waals surface area (Å²) in [5.74, 6) is 0.303. The molecule has 1 atom stereocenters. The molecule has 1 aliphatic heterocycles. The fraction of sp³-hybridized carbons (Fsp3) is 1.00. The van der Waals surface area contributed by atoms with Crippen molar-refractivity contribution in [1.82, 2.24) is 10.2 Å². The van der Waals surface area contributed by atoms with Gasteiger partial charge in [-0.1, -0.05) is 20.8 Å². The van der Waals surface area contributed by atoms with Gasteiger partial charge in [-0.2, -0.15) is 0 Å². The van der Waals surface area contributed by atoms with Gasteiger partial charge in [0.05, 0.1) is 5.75 Å². The van der Waals surface area contributed by atoms with Gasteiger partial charge in [0.15, 0.2) is 0 Å². The Kier molecular flexibility index (Phi) is 5.62. The smallest absolute Gasteiger partial charge is 0.147 e. The molecule has 1 aliphatic rings. The fourth-order valence-corrected chi connectivity index (χ4v) is 2.98. The lowest BCUT2D eigenvalue weighted by Gasteiger charge is -2.33. The molecule has 5 heteroatoms. The molecule has 1 fully saturated rings. The Morgan fingerprint density at radius 3 is 2.56 bits per heavy atom. The molecule has 1 saturated heterocycles. The van der Waals surface area contributed by atoms with Gasteiger partial charge in [0.25, 0.3) is 0 Å². The van der Waals surface area contributed by atoms with Gasteiger partial charge in [-0.05, 0) is 37.9 Å². The van der Waals surface area contributed by atoms with Crippen molar-refractivity contribution in [2.24, 2.45) is 5.41 Å². The molecule has 1 heterocycles. The molecular formula is C13H28N2O2S. The molecule has 1 rings (SSSR count). The van der Waals surface area contributed by atoms with Crippen LogP contribution in [-0.2, 0) is 9.84 Å². The van der Waals surface area contributed by atoms with Gasteiger partial charge < -0.3 is 10.2 Å². The second-order valence-electron chi connectivity index (χ2n) is 6.51. The van der Waals surface area contributed by atoms with Crippen LogP contribution < -0.4 is 5.32 Å². The lowest BCUT2D eigenvalue weighted by atomic mass is 9.86. The van der Waals surface area contributed by atoms with Gasteiger partial charge in [-0.15, -0.1) is 0 Å². The third kappa shape index (κ3) is 6.16. The molecule has 0 bridgehead atoms. The average Bonchev–Trinajstić information content (AvgIpc) is 2.40. The quantitative estimate of drug-likeness (QED) is 0.836. The first-order chi connectivity index (χ1) is 8.18. The van der Waals surface area contributed by atoms with E-state index in [1.807, 2.05) is 0 Å². The van der Waals surface area contributed by atoms with E-state index < -0.39 is 9.84 Å². The minimum absolute atomic E-state index is 0.249. The van der Waals surface area contributed by atoms with Crippen LogP contribution in [0.15, 0.2) is 0 Å². The summed E-state index contributed by atoms with van der Waals surface area (Å²) in [6, 6.07) is 0.484. The van der Waals surface area contributed by atoms with Crippen molar-refractivity contribution in [3.05, 3.63) is 0 Å². The van der Waals surface area contributed by atoms with Crippen molar-refractivity contribution in [3.8, 4) is 0 Å². The van der Waals surface area contributed by atoms with Crippen LogP contribution in [0.5, 0.6) is 0 Å². The highest BCUT2D eigenvalue weighted by atomic mass is 32.2. The zero-order valence-corrected chi connectivity index (χ0v) is 13.0. The molecule has 4 nitrogen and oxygen atoms in total. The number of hydrogen-bond acceptors (Lipinski definition) is 4. The topological polar surface area (TPSA) is 49.4 Å². The van der Waals surface area contributed by atoms with Gasteiger partial charge >= 0.3 is 0 Å². The second-order valence-corrected chi connectivity index (χ2v) is 8.77. The van der Waals surface area contributed by atoms with Gasteiger partial charge in [0.1, 0.15) is 9.84 Å². The van der Waals surface area contributed by atoms with Crippen molar-refractivity contribution in [3.63, 3.8) is 0 Å². The number of sulfone groups is 1. The first kappa shape index (κ1) is 15.9. The Hall–Kier alpha value is -0.130. The van der Waals surface area contributed by atoms with Crippen molar-refractivity contribution in [2.75, 3.05) is 38.2 Å². The maximum absolute atomic E-state index is 11.1. The molecule has 1 unspecified atom stereocenters. The maximum atomic E-state index is 11.1. The summed E-state index contributed by atoms with van der Waals surface area (Å²) in [6.07, 6.45) is 3.20. The largest absolute Gasteiger partial charge is 0.312 e. The molecular weight excluding hydrogens is 248 g/mol. The normalized spacial score (nSPS) is 23.9. The van der Waals surface area contributed by atoms with E-state index >= 15 is 0 Å². The van der Waals surface area contributed by atoms with Crippen LogP contribution >= 0.6 is 0 Å². The zero-order valence-electron chi connectivity index (χ0n) is 12.2. The molecule has 1 N–H and O–H groups in total. The minimum Gasteiger partial charge on any atom is -0.312 e. The number of rotatable bonds is 4. The van der Waals surface area contributed by atoms with E-state index in [0.29, 0.717) is 11.8 Å². The van der Waals surface area contributed by atoms with E-state index in [0.717, 1.165) is 39.0 Å². The highest BCUT2D eigenvalue weighted by molar-refractivity contribution is 7.90. The van der Waals surface area contributed by atoms with E-state index in [2.05, 4.69) is 31.0 Å². The molecule has 0 aromatic rings. The highest BCUT2D eigenvalue weighted by Crippen LogP contribution is 2.21. The minimum atomic E-state index is -2.82. The molecule has 0 aliphatic carbocycles. The third-order valence-electron chi connectivity index (χ3n) is 3.52. The van der Waals surface area contributed by atoms with Crippen molar-refractivity contribution in [1.29, 1.82) is 0 Å². The van der Waals surface area contributed by atoms with E-state index in [9.17, 15) is 8.42 Å². The summed E-state index contributed by atoms with van der Waals surface area (Å²) in [6.45, 7) is 10.8. The van der Waals surface area contributed by atoms with E-state index in [4.69, 9.17) is 0 Å². The van der Waals surface area contributed by atoms with E-state index in [1.54, 1.807) is 0 Å². The first-order valence-corrected chi connectivity index (χ1v) is 8.88. The standard InChI is InChI=1S/C13H28N2O2S/c1-13(2,3)12-11-15(8-5-7-14-12)9-6-10-18(4,16)17/h12,14H,5-11H2,1-4H3. The molecule has 0 radical (unpaired) electrons.